The first-order valence-corrected chi connectivity index (χ1v) is 6.71. The second-order valence-electron chi connectivity index (χ2n) is 4.28. The number of hydrogen-bond acceptors (Lipinski definition) is 2. The van der Waals surface area contributed by atoms with Crippen LogP contribution in [0.5, 0.6) is 5.75 Å². The lowest BCUT2D eigenvalue weighted by atomic mass is 10.1. The van der Waals surface area contributed by atoms with E-state index in [9.17, 15) is 0 Å². The molecule has 0 aliphatic heterocycles. The van der Waals surface area contributed by atoms with Crippen molar-refractivity contribution in [3.63, 3.8) is 0 Å². The maximum Gasteiger partial charge on any atom is 0.259 e. The van der Waals surface area contributed by atoms with Crippen LogP contribution in [0.2, 0.25) is 0 Å². The number of rotatable bonds is 5. The van der Waals surface area contributed by atoms with E-state index in [0.717, 1.165) is 16.9 Å². The van der Waals surface area contributed by atoms with E-state index < -0.39 is 3.79 Å². The fraction of sp³-hybridized carbons (Fsp3) is 0.429. The summed E-state index contributed by atoms with van der Waals surface area (Å²) in [6.07, 6.45) is 1.95. The lowest BCUT2D eigenvalue weighted by molar-refractivity contribution is -0.110. The van der Waals surface area contributed by atoms with Crippen molar-refractivity contribution in [1.82, 2.24) is 0 Å². The van der Waals surface area contributed by atoms with Crippen LogP contribution in [0.25, 0.3) is 6.08 Å². The largest absolute Gasteiger partial charge is 0.453 e. The van der Waals surface area contributed by atoms with E-state index in [1.807, 2.05) is 52.0 Å². The number of benzene rings is 1. The normalized spacial score (nSPS) is 14.5. The van der Waals surface area contributed by atoms with Crippen LogP contribution in [-0.2, 0) is 4.74 Å². The second-order valence-corrected chi connectivity index (χ2v) is 6.24. The Morgan fingerprint density at radius 3 is 2.59 bits per heavy atom. The zero-order chi connectivity index (χ0) is 13.1. The molecule has 0 fully saturated rings. The lowest BCUT2D eigenvalue weighted by Crippen LogP contribution is -2.31. The zero-order valence-electron chi connectivity index (χ0n) is 10.8. The highest BCUT2D eigenvalue weighted by atomic mass is 127. The maximum atomic E-state index is 5.90. The van der Waals surface area contributed by atoms with Crippen LogP contribution in [0, 0.1) is 6.92 Å². The molecule has 1 atom stereocenters. The topological polar surface area (TPSA) is 18.5 Å². The van der Waals surface area contributed by atoms with Gasteiger partial charge >= 0.3 is 0 Å². The van der Waals surface area contributed by atoms with Crippen LogP contribution in [0.3, 0.4) is 0 Å². The molecule has 0 saturated carbocycles. The SMILES string of the molecule is C=Cc1cccc(OC(C)(I)OC(C)C)c1C. The third kappa shape index (κ3) is 4.32. The highest BCUT2D eigenvalue weighted by Crippen LogP contribution is 2.30. The Morgan fingerprint density at radius 1 is 1.41 bits per heavy atom. The molecule has 1 aromatic rings. The van der Waals surface area contributed by atoms with Gasteiger partial charge in [-0.25, -0.2) is 0 Å². The Morgan fingerprint density at radius 2 is 2.06 bits per heavy atom. The molecule has 0 bridgehead atoms. The van der Waals surface area contributed by atoms with Crippen molar-refractivity contribution in [2.24, 2.45) is 0 Å². The number of alkyl halides is 1. The molecule has 0 amide bonds. The lowest BCUT2D eigenvalue weighted by Gasteiger charge is -2.27. The highest BCUT2D eigenvalue weighted by molar-refractivity contribution is 14.1. The molecule has 1 aromatic carbocycles. The van der Waals surface area contributed by atoms with Gasteiger partial charge in [0.2, 0.25) is 0 Å². The van der Waals surface area contributed by atoms with Gasteiger partial charge in [-0.3, -0.25) is 0 Å². The van der Waals surface area contributed by atoms with Gasteiger partial charge in [0.1, 0.15) is 5.75 Å². The minimum absolute atomic E-state index is 0.125. The van der Waals surface area contributed by atoms with Gasteiger partial charge < -0.3 is 9.47 Å². The summed E-state index contributed by atoms with van der Waals surface area (Å²) in [6, 6.07) is 5.92. The van der Waals surface area contributed by atoms with E-state index in [-0.39, 0.29) is 6.10 Å². The first kappa shape index (κ1) is 14.5. The van der Waals surface area contributed by atoms with Crippen LogP contribution >= 0.6 is 22.6 Å². The fourth-order valence-electron chi connectivity index (χ4n) is 1.60. The van der Waals surface area contributed by atoms with E-state index in [1.165, 1.54) is 0 Å². The quantitative estimate of drug-likeness (QED) is 0.442. The average Bonchev–Trinajstić information content (AvgIpc) is 2.19. The molecule has 0 spiro atoms. The summed E-state index contributed by atoms with van der Waals surface area (Å²) in [5.74, 6) is 0.833. The average molecular weight is 346 g/mol. The maximum absolute atomic E-state index is 5.90. The van der Waals surface area contributed by atoms with Crippen molar-refractivity contribution in [1.29, 1.82) is 0 Å². The highest BCUT2D eigenvalue weighted by Gasteiger charge is 2.25. The molecular weight excluding hydrogens is 327 g/mol. The van der Waals surface area contributed by atoms with Crippen LogP contribution in [0.1, 0.15) is 31.9 Å². The Hall–Kier alpha value is -0.550. The van der Waals surface area contributed by atoms with Crippen molar-refractivity contribution in [2.45, 2.75) is 37.6 Å². The van der Waals surface area contributed by atoms with Gasteiger partial charge in [-0.1, -0.05) is 24.8 Å². The first-order valence-electron chi connectivity index (χ1n) is 5.63. The number of hydrogen-bond donors (Lipinski definition) is 0. The summed E-state index contributed by atoms with van der Waals surface area (Å²) in [7, 11) is 0. The zero-order valence-corrected chi connectivity index (χ0v) is 12.9. The standard InChI is InChI=1S/C14H19IO2/c1-6-12-8-7-9-13(11(12)4)17-14(5,15)16-10(2)3/h6-10H,1H2,2-5H3. The van der Waals surface area contributed by atoms with Gasteiger partial charge in [0, 0.05) is 29.5 Å². The van der Waals surface area contributed by atoms with Crippen LogP contribution < -0.4 is 4.74 Å². The molecule has 94 valence electrons. The van der Waals surface area contributed by atoms with Crippen LogP contribution in [0.4, 0.5) is 0 Å². The molecule has 0 N–H and O–H groups in total. The molecule has 17 heavy (non-hydrogen) atoms. The third-order valence-corrected chi connectivity index (χ3v) is 2.76. The summed E-state index contributed by atoms with van der Waals surface area (Å²) in [5, 5.41) is 0. The fourth-order valence-corrected chi connectivity index (χ4v) is 2.35. The van der Waals surface area contributed by atoms with Gasteiger partial charge in [-0.05, 0) is 38.0 Å². The monoisotopic (exact) mass is 346 g/mol. The third-order valence-electron chi connectivity index (χ3n) is 2.28. The smallest absolute Gasteiger partial charge is 0.259 e. The predicted octanol–water partition coefficient (Wildman–Crippen LogP) is 4.55. The first-order chi connectivity index (χ1) is 7.85. The van der Waals surface area contributed by atoms with E-state index in [2.05, 4.69) is 29.2 Å². The molecular formula is C14H19IO2. The van der Waals surface area contributed by atoms with Crippen molar-refractivity contribution in [2.75, 3.05) is 0 Å². The van der Waals surface area contributed by atoms with Gasteiger partial charge in [0.15, 0.2) is 0 Å². The predicted molar refractivity (Wildman–Crippen MR) is 80.5 cm³/mol. The van der Waals surface area contributed by atoms with Crippen molar-refractivity contribution >= 4 is 28.7 Å². The molecule has 0 aromatic heterocycles. The van der Waals surface area contributed by atoms with Gasteiger partial charge in [-0.15, -0.1) is 0 Å². The molecule has 0 aliphatic carbocycles. The Kier molecular flexibility index (Phi) is 5.01. The van der Waals surface area contributed by atoms with Crippen molar-refractivity contribution < 1.29 is 9.47 Å². The molecule has 3 heteroatoms. The van der Waals surface area contributed by atoms with E-state index in [0.29, 0.717) is 0 Å². The van der Waals surface area contributed by atoms with Crippen LogP contribution in [-0.4, -0.2) is 9.90 Å². The van der Waals surface area contributed by atoms with Crippen molar-refractivity contribution in [3.05, 3.63) is 35.9 Å². The Balaban J connectivity index is 2.91. The molecule has 0 aliphatic rings. The summed E-state index contributed by atoms with van der Waals surface area (Å²) >= 11 is 2.16. The molecule has 1 unspecified atom stereocenters. The molecule has 0 saturated heterocycles. The van der Waals surface area contributed by atoms with Gasteiger partial charge in [0.25, 0.3) is 3.79 Å². The Bertz CT molecular complexity index is 397. The minimum atomic E-state index is -0.656. The van der Waals surface area contributed by atoms with Gasteiger partial charge in [0.05, 0.1) is 6.10 Å². The molecule has 1 rings (SSSR count). The van der Waals surface area contributed by atoms with Gasteiger partial charge in [-0.2, -0.15) is 0 Å². The summed E-state index contributed by atoms with van der Waals surface area (Å²) < 4.78 is 11.0. The van der Waals surface area contributed by atoms with Crippen LogP contribution in [0.15, 0.2) is 24.8 Å². The van der Waals surface area contributed by atoms with Crippen molar-refractivity contribution in [3.8, 4) is 5.75 Å². The Labute approximate surface area is 117 Å². The van der Waals surface area contributed by atoms with E-state index in [1.54, 1.807) is 0 Å². The molecule has 0 heterocycles. The number of ether oxygens (including phenoxy) is 2. The number of halogens is 1. The van der Waals surface area contributed by atoms with E-state index >= 15 is 0 Å². The second kappa shape index (κ2) is 5.87. The van der Waals surface area contributed by atoms with E-state index in [4.69, 9.17) is 9.47 Å². The summed E-state index contributed by atoms with van der Waals surface area (Å²) in [5.41, 5.74) is 2.16. The summed E-state index contributed by atoms with van der Waals surface area (Å²) in [4.78, 5) is 0. The minimum Gasteiger partial charge on any atom is -0.453 e. The molecule has 0 radical (unpaired) electrons. The summed E-state index contributed by atoms with van der Waals surface area (Å²) in [6.45, 7) is 11.7. The molecule has 2 nitrogen and oxygen atoms in total.